The van der Waals surface area contributed by atoms with Crippen LogP contribution in [0.4, 0.5) is 0 Å². The van der Waals surface area contributed by atoms with Crippen LogP contribution in [-0.2, 0) is 9.53 Å². The first-order valence-corrected chi connectivity index (χ1v) is 8.82. The van der Waals surface area contributed by atoms with E-state index in [0.717, 1.165) is 4.47 Å². The van der Waals surface area contributed by atoms with Gasteiger partial charge in [-0.2, -0.15) is 0 Å². The summed E-state index contributed by atoms with van der Waals surface area (Å²) in [5, 5.41) is 4.94. The molecule has 5 nitrogen and oxygen atoms in total. The Balaban J connectivity index is 2.25. The fourth-order valence-corrected chi connectivity index (χ4v) is 4.36. The predicted molar refractivity (Wildman–Crippen MR) is 88.4 cm³/mol. The molecule has 1 aliphatic heterocycles. The number of morpholine rings is 1. The van der Waals surface area contributed by atoms with E-state index in [4.69, 9.17) is 10.5 Å². The zero-order chi connectivity index (χ0) is 15.4. The molecule has 0 saturated carbocycles. The lowest BCUT2D eigenvalue weighted by Crippen LogP contribution is -2.57. The molecule has 3 unspecified atom stereocenters. The fraction of sp³-hybridized carbons (Fsp3) is 0.643. The summed E-state index contributed by atoms with van der Waals surface area (Å²) >= 11 is 5.16. The third-order valence-electron chi connectivity index (χ3n) is 3.56. The standard InChI is InChI=1S/C14H22BrN3O2S/c1-3-17-14(19)11-7-20-5-4-18(11)13(9(2)16)12-6-10(15)8-21-12/h6,8-9,11,13H,3-5,7,16H2,1-2H3,(H,17,19). The molecule has 0 radical (unpaired) electrons. The molecule has 3 N–H and O–H groups in total. The maximum atomic E-state index is 12.3. The van der Waals surface area contributed by atoms with E-state index in [1.807, 2.05) is 19.2 Å². The zero-order valence-corrected chi connectivity index (χ0v) is 14.7. The summed E-state index contributed by atoms with van der Waals surface area (Å²) in [6.45, 7) is 6.29. The van der Waals surface area contributed by atoms with Crippen LogP contribution in [0.1, 0.15) is 24.8 Å². The van der Waals surface area contributed by atoms with Crippen molar-refractivity contribution in [3.8, 4) is 0 Å². The van der Waals surface area contributed by atoms with Gasteiger partial charge < -0.3 is 15.8 Å². The number of carbonyl (C=O) groups is 1. The van der Waals surface area contributed by atoms with Gasteiger partial charge in [0.25, 0.3) is 0 Å². The van der Waals surface area contributed by atoms with Crippen molar-refractivity contribution in [2.75, 3.05) is 26.3 Å². The third kappa shape index (κ3) is 4.04. The van der Waals surface area contributed by atoms with E-state index in [2.05, 4.69) is 32.2 Å². The second-order valence-corrected chi connectivity index (χ2v) is 7.05. The average molecular weight is 376 g/mol. The van der Waals surface area contributed by atoms with E-state index in [1.54, 1.807) is 11.3 Å². The number of thiophene rings is 1. The van der Waals surface area contributed by atoms with E-state index in [-0.39, 0.29) is 24.0 Å². The van der Waals surface area contributed by atoms with Gasteiger partial charge in [-0.25, -0.2) is 0 Å². The SMILES string of the molecule is CCNC(=O)C1COCCN1C(c1cc(Br)cs1)C(C)N. The molecule has 1 aromatic heterocycles. The average Bonchev–Trinajstić information content (AvgIpc) is 2.85. The van der Waals surface area contributed by atoms with Gasteiger partial charge in [-0.1, -0.05) is 0 Å². The van der Waals surface area contributed by atoms with E-state index in [9.17, 15) is 4.79 Å². The summed E-state index contributed by atoms with van der Waals surface area (Å²) in [5.74, 6) is 0.0125. The van der Waals surface area contributed by atoms with Crippen LogP contribution in [0.2, 0.25) is 0 Å². The highest BCUT2D eigenvalue weighted by atomic mass is 79.9. The number of hydrogen-bond acceptors (Lipinski definition) is 5. The van der Waals surface area contributed by atoms with Crippen molar-refractivity contribution in [1.29, 1.82) is 0 Å². The molecule has 1 amide bonds. The molecule has 2 rings (SSSR count). The van der Waals surface area contributed by atoms with Crippen LogP contribution in [0.5, 0.6) is 0 Å². The minimum atomic E-state index is -0.282. The number of carbonyl (C=O) groups excluding carboxylic acids is 1. The minimum Gasteiger partial charge on any atom is -0.378 e. The summed E-state index contributed by atoms with van der Waals surface area (Å²) < 4.78 is 6.55. The molecule has 21 heavy (non-hydrogen) atoms. The molecule has 1 saturated heterocycles. The number of rotatable bonds is 5. The number of likely N-dealkylation sites (N-methyl/N-ethyl adjacent to an activating group) is 1. The van der Waals surface area contributed by atoms with Crippen molar-refractivity contribution < 1.29 is 9.53 Å². The van der Waals surface area contributed by atoms with E-state index >= 15 is 0 Å². The Morgan fingerprint density at radius 2 is 2.48 bits per heavy atom. The molecule has 1 fully saturated rings. The first-order valence-electron chi connectivity index (χ1n) is 7.15. The Morgan fingerprint density at radius 3 is 3.05 bits per heavy atom. The van der Waals surface area contributed by atoms with Crippen molar-refractivity contribution in [3.63, 3.8) is 0 Å². The number of halogens is 1. The van der Waals surface area contributed by atoms with Crippen LogP contribution >= 0.6 is 27.3 Å². The fourth-order valence-electron chi connectivity index (χ4n) is 2.68. The molecule has 1 aromatic rings. The van der Waals surface area contributed by atoms with Gasteiger partial charge in [0, 0.05) is 33.9 Å². The lowest BCUT2D eigenvalue weighted by atomic mass is 10.0. The van der Waals surface area contributed by atoms with Crippen LogP contribution in [-0.4, -0.2) is 49.2 Å². The van der Waals surface area contributed by atoms with Gasteiger partial charge >= 0.3 is 0 Å². The minimum absolute atomic E-state index is 0.0125. The highest BCUT2D eigenvalue weighted by Crippen LogP contribution is 2.33. The quantitative estimate of drug-likeness (QED) is 0.822. The van der Waals surface area contributed by atoms with Crippen molar-refractivity contribution in [2.24, 2.45) is 5.73 Å². The monoisotopic (exact) mass is 375 g/mol. The number of ether oxygens (including phenoxy) is 1. The van der Waals surface area contributed by atoms with Gasteiger partial charge in [0.05, 0.1) is 19.3 Å². The molecule has 0 aromatic carbocycles. The van der Waals surface area contributed by atoms with Crippen molar-refractivity contribution in [3.05, 3.63) is 20.8 Å². The first kappa shape index (κ1) is 16.9. The molecule has 0 aliphatic carbocycles. The van der Waals surface area contributed by atoms with Crippen LogP contribution in [0.3, 0.4) is 0 Å². The molecular formula is C14H22BrN3O2S. The summed E-state index contributed by atoms with van der Waals surface area (Å²) in [5.41, 5.74) is 6.22. The molecule has 7 heteroatoms. The number of nitrogens with one attached hydrogen (secondary N) is 1. The van der Waals surface area contributed by atoms with Crippen molar-refractivity contribution >= 4 is 33.2 Å². The lowest BCUT2D eigenvalue weighted by molar-refractivity contribution is -0.135. The largest absolute Gasteiger partial charge is 0.378 e. The normalized spacial score (nSPS) is 22.8. The molecule has 0 spiro atoms. The molecule has 3 atom stereocenters. The van der Waals surface area contributed by atoms with Gasteiger partial charge in [0.2, 0.25) is 5.91 Å². The second kappa shape index (κ2) is 7.69. The van der Waals surface area contributed by atoms with Crippen LogP contribution in [0.25, 0.3) is 0 Å². The summed E-state index contributed by atoms with van der Waals surface area (Å²) in [7, 11) is 0. The first-order chi connectivity index (χ1) is 10.0. The van der Waals surface area contributed by atoms with Crippen LogP contribution in [0.15, 0.2) is 15.9 Å². The molecule has 1 aliphatic rings. The third-order valence-corrected chi connectivity index (χ3v) is 5.32. The molecular weight excluding hydrogens is 354 g/mol. The second-order valence-electron chi connectivity index (χ2n) is 5.19. The number of nitrogens with zero attached hydrogens (tertiary/aromatic N) is 1. The van der Waals surface area contributed by atoms with Crippen LogP contribution in [0, 0.1) is 0 Å². The van der Waals surface area contributed by atoms with Crippen LogP contribution < -0.4 is 11.1 Å². The highest BCUT2D eigenvalue weighted by molar-refractivity contribution is 9.10. The smallest absolute Gasteiger partial charge is 0.239 e. The summed E-state index contributed by atoms with van der Waals surface area (Å²) in [4.78, 5) is 15.6. The summed E-state index contributed by atoms with van der Waals surface area (Å²) in [6, 6.07) is 1.77. The molecule has 0 bridgehead atoms. The van der Waals surface area contributed by atoms with Gasteiger partial charge in [-0.15, -0.1) is 11.3 Å². The van der Waals surface area contributed by atoms with Gasteiger partial charge in [-0.3, -0.25) is 9.69 Å². The maximum absolute atomic E-state index is 12.3. The molecule has 2 heterocycles. The Morgan fingerprint density at radius 1 is 1.71 bits per heavy atom. The van der Waals surface area contributed by atoms with Gasteiger partial charge in [0.1, 0.15) is 6.04 Å². The highest BCUT2D eigenvalue weighted by Gasteiger charge is 2.36. The van der Waals surface area contributed by atoms with Crippen molar-refractivity contribution in [2.45, 2.75) is 32.0 Å². The predicted octanol–water partition coefficient (Wildman–Crippen LogP) is 1.74. The number of hydrogen-bond donors (Lipinski definition) is 2. The van der Waals surface area contributed by atoms with E-state index < -0.39 is 0 Å². The molecule has 118 valence electrons. The van der Waals surface area contributed by atoms with E-state index in [0.29, 0.717) is 26.3 Å². The number of amides is 1. The van der Waals surface area contributed by atoms with E-state index in [1.165, 1.54) is 4.88 Å². The lowest BCUT2D eigenvalue weighted by Gasteiger charge is -2.41. The van der Waals surface area contributed by atoms with Gasteiger partial charge in [-0.05, 0) is 35.8 Å². The Kier molecular flexibility index (Phi) is 6.19. The topological polar surface area (TPSA) is 67.6 Å². The Labute approximate surface area is 138 Å². The van der Waals surface area contributed by atoms with Crippen molar-refractivity contribution in [1.82, 2.24) is 10.2 Å². The van der Waals surface area contributed by atoms with Gasteiger partial charge in [0.15, 0.2) is 0 Å². The summed E-state index contributed by atoms with van der Waals surface area (Å²) in [6.07, 6.45) is 0. The Hall–Kier alpha value is -0.470. The Bertz CT molecular complexity index is 481. The number of nitrogens with two attached hydrogens (primary N) is 1. The maximum Gasteiger partial charge on any atom is 0.239 e. The zero-order valence-electron chi connectivity index (χ0n) is 12.3.